The van der Waals surface area contributed by atoms with Crippen molar-refractivity contribution >= 4 is 39.0 Å². The number of rotatable bonds is 3. The predicted octanol–water partition coefficient (Wildman–Crippen LogP) is 15.4. The first kappa shape index (κ1) is 33.5. The molecule has 10 aromatic rings. The summed E-state index contributed by atoms with van der Waals surface area (Å²) < 4.78 is 6.85. The van der Waals surface area contributed by atoms with Crippen molar-refractivity contribution in [2.24, 2.45) is 0 Å². The zero-order chi connectivity index (χ0) is 39.7. The van der Waals surface area contributed by atoms with E-state index in [0.717, 1.165) is 39.0 Å². The second-order valence-electron chi connectivity index (χ2n) is 17.2. The van der Waals surface area contributed by atoms with Crippen LogP contribution in [0.3, 0.4) is 0 Å². The van der Waals surface area contributed by atoms with Crippen LogP contribution < -0.4 is 4.90 Å². The summed E-state index contributed by atoms with van der Waals surface area (Å²) in [5.74, 6) is 0. The Labute approximate surface area is 349 Å². The number of fused-ring (bicyclic) bond motifs is 18. The molecule has 0 bridgehead atoms. The third-order valence-corrected chi connectivity index (χ3v) is 13.9. The molecular weight excluding hydrogens is 727 g/mol. The van der Waals surface area contributed by atoms with Crippen molar-refractivity contribution in [3.05, 3.63) is 234 Å². The van der Waals surface area contributed by atoms with Gasteiger partial charge in [0, 0.05) is 27.6 Å². The maximum absolute atomic E-state index is 6.85. The molecule has 0 unspecified atom stereocenters. The van der Waals surface area contributed by atoms with E-state index in [1.807, 2.05) is 0 Å². The summed E-state index contributed by atoms with van der Waals surface area (Å²) in [5, 5.41) is 2.23. The van der Waals surface area contributed by atoms with Crippen LogP contribution in [-0.2, 0) is 10.8 Å². The number of furan rings is 1. The summed E-state index contributed by atoms with van der Waals surface area (Å²) in [6.07, 6.45) is 0. The number of benzene rings is 9. The van der Waals surface area contributed by atoms with Crippen LogP contribution in [0.25, 0.3) is 66.4 Å². The topological polar surface area (TPSA) is 16.4 Å². The second kappa shape index (κ2) is 12.1. The van der Waals surface area contributed by atoms with Crippen LogP contribution in [0.5, 0.6) is 0 Å². The van der Waals surface area contributed by atoms with Crippen molar-refractivity contribution in [2.45, 2.75) is 24.7 Å². The maximum atomic E-state index is 6.85. The Balaban J connectivity index is 1.13. The minimum absolute atomic E-state index is 0.161. The highest BCUT2D eigenvalue weighted by Gasteiger charge is 2.50. The highest BCUT2D eigenvalue weighted by atomic mass is 16.3. The van der Waals surface area contributed by atoms with Gasteiger partial charge in [0.2, 0.25) is 0 Å². The standard InChI is InChI=1S/C58H39NO/c1-57(2)48-24-10-5-20-42(48)44-32-30-36(34-52(44)57)59(54-28-15-23-47-46-22-9-14-29-55(46)60-56(47)54)37-31-33-45-43-21-8-13-27-51(43)58(53(45)35-37)49-25-11-6-18-40(49)38-16-3-4-17-39(38)41-19-7-12-26-50(41)58/h3-35H,1-2H3. The zero-order valence-electron chi connectivity index (χ0n) is 33.4. The van der Waals surface area contributed by atoms with E-state index in [4.69, 9.17) is 4.42 Å². The number of anilines is 3. The maximum Gasteiger partial charge on any atom is 0.159 e. The highest BCUT2D eigenvalue weighted by Crippen LogP contribution is 2.62. The van der Waals surface area contributed by atoms with Crippen LogP contribution >= 0.6 is 0 Å². The lowest BCUT2D eigenvalue weighted by Crippen LogP contribution is -2.29. The Morgan fingerprint density at radius 3 is 1.40 bits per heavy atom. The van der Waals surface area contributed by atoms with Crippen molar-refractivity contribution in [3.63, 3.8) is 0 Å². The molecule has 1 heterocycles. The monoisotopic (exact) mass is 765 g/mol. The zero-order valence-corrected chi connectivity index (χ0v) is 33.4. The largest absolute Gasteiger partial charge is 0.454 e. The van der Waals surface area contributed by atoms with E-state index in [-0.39, 0.29) is 5.41 Å². The van der Waals surface area contributed by atoms with Gasteiger partial charge in [0.25, 0.3) is 0 Å². The van der Waals surface area contributed by atoms with Crippen molar-refractivity contribution in [2.75, 3.05) is 4.90 Å². The molecule has 1 aromatic heterocycles. The van der Waals surface area contributed by atoms with E-state index in [0.29, 0.717) is 0 Å². The van der Waals surface area contributed by atoms with Crippen molar-refractivity contribution in [3.8, 4) is 44.5 Å². The Hall–Kier alpha value is -7.42. The minimum atomic E-state index is -0.591. The Morgan fingerprint density at radius 2 is 0.783 bits per heavy atom. The van der Waals surface area contributed by atoms with Crippen LogP contribution in [0.1, 0.15) is 47.2 Å². The second-order valence-corrected chi connectivity index (χ2v) is 17.2. The third kappa shape index (κ3) is 4.27. The molecule has 0 radical (unpaired) electrons. The van der Waals surface area contributed by atoms with E-state index >= 15 is 0 Å². The fourth-order valence-corrected chi connectivity index (χ4v) is 11.3. The summed E-state index contributed by atoms with van der Waals surface area (Å²) in [5.41, 5.74) is 22.3. The summed E-state index contributed by atoms with van der Waals surface area (Å²) in [6.45, 7) is 4.72. The molecule has 13 rings (SSSR count). The molecule has 2 heteroatoms. The molecule has 0 saturated heterocycles. The lowest BCUT2D eigenvalue weighted by atomic mass is 9.66. The van der Waals surface area contributed by atoms with Crippen molar-refractivity contribution in [1.29, 1.82) is 0 Å². The summed E-state index contributed by atoms with van der Waals surface area (Å²) in [7, 11) is 0. The molecule has 3 aliphatic rings. The van der Waals surface area contributed by atoms with Gasteiger partial charge in [-0.15, -0.1) is 0 Å². The average molecular weight is 766 g/mol. The van der Waals surface area contributed by atoms with Gasteiger partial charge in [-0.25, -0.2) is 0 Å². The van der Waals surface area contributed by atoms with Crippen molar-refractivity contribution < 1.29 is 4.42 Å². The van der Waals surface area contributed by atoms with E-state index in [1.54, 1.807) is 0 Å². The van der Waals surface area contributed by atoms with Gasteiger partial charge in [0.05, 0.1) is 11.1 Å². The Kier molecular flexibility index (Phi) is 6.74. The first-order chi connectivity index (χ1) is 29.5. The van der Waals surface area contributed by atoms with Crippen LogP contribution in [-0.4, -0.2) is 0 Å². The molecule has 0 N–H and O–H groups in total. The van der Waals surface area contributed by atoms with Crippen LogP contribution in [0.4, 0.5) is 17.1 Å². The first-order valence-corrected chi connectivity index (χ1v) is 21.0. The molecule has 9 aromatic carbocycles. The highest BCUT2D eigenvalue weighted by molar-refractivity contribution is 6.10. The first-order valence-electron chi connectivity index (χ1n) is 21.0. The minimum Gasteiger partial charge on any atom is -0.454 e. The number of nitrogens with zero attached hydrogens (tertiary/aromatic N) is 1. The smallest absolute Gasteiger partial charge is 0.159 e. The van der Waals surface area contributed by atoms with E-state index < -0.39 is 5.41 Å². The molecule has 0 aliphatic heterocycles. The van der Waals surface area contributed by atoms with Gasteiger partial charge < -0.3 is 9.32 Å². The Bertz CT molecular complexity index is 3370. The van der Waals surface area contributed by atoms with E-state index in [1.165, 1.54) is 77.9 Å². The molecule has 0 fully saturated rings. The molecule has 0 atom stereocenters. The van der Waals surface area contributed by atoms with Gasteiger partial charge in [-0.3, -0.25) is 0 Å². The number of hydrogen-bond donors (Lipinski definition) is 0. The van der Waals surface area contributed by atoms with Crippen LogP contribution in [0.2, 0.25) is 0 Å². The van der Waals surface area contributed by atoms with E-state index in [9.17, 15) is 0 Å². The lowest BCUT2D eigenvalue weighted by Gasteiger charge is -2.36. The Morgan fingerprint density at radius 1 is 0.350 bits per heavy atom. The number of para-hydroxylation sites is 2. The molecule has 1 spiro atoms. The van der Waals surface area contributed by atoms with Crippen LogP contribution in [0, 0.1) is 0 Å². The van der Waals surface area contributed by atoms with Gasteiger partial charge >= 0.3 is 0 Å². The molecular formula is C58H39NO. The molecule has 2 nitrogen and oxygen atoms in total. The summed E-state index contributed by atoms with van der Waals surface area (Å²) in [6, 6.07) is 74.4. The molecule has 3 aliphatic carbocycles. The molecule has 0 amide bonds. The molecule has 0 saturated carbocycles. The van der Waals surface area contributed by atoms with Gasteiger partial charge in [0.1, 0.15) is 5.58 Å². The molecule has 282 valence electrons. The number of hydrogen-bond acceptors (Lipinski definition) is 2. The van der Waals surface area contributed by atoms with E-state index in [2.05, 4.69) is 219 Å². The van der Waals surface area contributed by atoms with Crippen molar-refractivity contribution in [1.82, 2.24) is 0 Å². The normalized spacial score (nSPS) is 14.4. The fraction of sp³-hybridized carbons (Fsp3) is 0.0690. The lowest BCUT2D eigenvalue weighted by molar-refractivity contribution is 0.660. The quantitative estimate of drug-likeness (QED) is 0.178. The van der Waals surface area contributed by atoms with Gasteiger partial charge in [-0.1, -0.05) is 178 Å². The predicted molar refractivity (Wildman–Crippen MR) is 248 cm³/mol. The van der Waals surface area contributed by atoms with Gasteiger partial charge in [0.15, 0.2) is 5.58 Å². The van der Waals surface area contributed by atoms with Gasteiger partial charge in [-0.05, 0) is 114 Å². The fourth-order valence-electron chi connectivity index (χ4n) is 11.3. The summed E-state index contributed by atoms with van der Waals surface area (Å²) >= 11 is 0. The van der Waals surface area contributed by atoms with Gasteiger partial charge in [-0.2, -0.15) is 0 Å². The molecule has 60 heavy (non-hydrogen) atoms. The van der Waals surface area contributed by atoms with Crippen LogP contribution in [0.15, 0.2) is 205 Å². The summed E-state index contributed by atoms with van der Waals surface area (Å²) in [4.78, 5) is 2.45. The average Bonchev–Trinajstić information content (AvgIpc) is 3.88. The SMILES string of the molecule is CC1(C)c2ccccc2-c2ccc(N(c3ccc4c(c3)C3(c5ccccc5-c5ccccc5-c5ccccc53)c3ccccc3-4)c3cccc4c3oc3ccccc34)cc21. The third-order valence-electron chi connectivity index (χ3n) is 13.9.